The second-order valence-corrected chi connectivity index (χ2v) is 9.68. The van der Waals surface area contributed by atoms with E-state index in [0.717, 1.165) is 83.6 Å². The zero-order valence-electron chi connectivity index (χ0n) is 19.2. The summed E-state index contributed by atoms with van der Waals surface area (Å²) >= 11 is 1.54. The second kappa shape index (κ2) is 9.61. The SMILES string of the molecule is O=C(Nc1cc(-c2cccc3[nH]ccc23)cc2[nH]ncc12)c1csc(CCN2CCCOCC2)n1. The Morgan fingerprint density at radius 2 is 2.11 bits per heavy atom. The first kappa shape index (κ1) is 22.0. The van der Waals surface area contributed by atoms with Crippen LogP contribution in [0.25, 0.3) is 32.9 Å². The first-order chi connectivity index (χ1) is 17.2. The van der Waals surface area contributed by atoms with Gasteiger partial charge in [0.1, 0.15) is 5.69 Å². The van der Waals surface area contributed by atoms with Crippen LogP contribution >= 0.6 is 11.3 Å². The van der Waals surface area contributed by atoms with Crippen molar-refractivity contribution in [1.29, 1.82) is 0 Å². The number of anilines is 1. The molecule has 0 radical (unpaired) electrons. The van der Waals surface area contributed by atoms with Crippen molar-refractivity contribution in [2.24, 2.45) is 0 Å². The lowest BCUT2D eigenvalue weighted by Gasteiger charge is -2.17. The Labute approximate surface area is 206 Å². The molecule has 0 unspecified atom stereocenters. The van der Waals surface area contributed by atoms with Crippen molar-refractivity contribution in [2.75, 3.05) is 38.2 Å². The number of amides is 1. The van der Waals surface area contributed by atoms with Gasteiger partial charge in [-0.2, -0.15) is 5.10 Å². The van der Waals surface area contributed by atoms with Crippen molar-refractivity contribution >= 4 is 44.7 Å². The maximum absolute atomic E-state index is 13.1. The number of ether oxygens (including phenoxy) is 1. The summed E-state index contributed by atoms with van der Waals surface area (Å²) in [7, 11) is 0. The van der Waals surface area contributed by atoms with E-state index in [4.69, 9.17) is 4.74 Å². The smallest absolute Gasteiger partial charge is 0.275 e. The summed E-state index contributed by atoms with van der Waals surface area (Å²) in [6, 6.07) is 12.3. The molecule has 3 aromatic heterocycles. The topological polar surface area (TPSA) is 98.9 Å². The van der Waals surface area contributed by atoms with Crippen molar-refractivity contribution in [3.63, 3.8) is 0 Å². The van der Waals surface area contributed by atoms with Gasteiger partial charge in [0.05, 0.1) is 29.0 Å². The average molecular weight is 487 g/mol. The van der Waals surface area contributed by atoms with Gasteiger partial charge in [-0.15, -0.1) is 11.3 Å². The third-order valence-corrected chi connectivity index (χ3v) is 7.36. The first-order valence-corrected chi connectivity index (χ1v) is 12.7. The second-order valence-electron chi connectivity index (χ2n) is 8.74. The number of H-pyrrole nitrogens is 2. The molecule has 6 rings (SSSR count). The lowest BCUT2D eigenvalue weighted by atomic mass is 9.99. The summed E-state index contributed by atoms with van der Waals surface area (Å²) in [5.74, 6) is -0.213. The zero-order valence-corrected chi connectivity index (χ0v) is 20.0. The number of benzene rings is 2. The molecule has 5 aromatic rings. The Morgan fingerprint density at radius 1 is 1.14 bits per heavy atom. The summed E-state index contributed by atoms with van der Waals surface area (Å²) in [4.78, 5) is 23.4. The van der Waals surface area contributed by atoms with Crippen LogP contribution in [0.2, 0.25) is 0 Å². The van der Waals surface area contributed by atoms with Gasteiger partial charge in [-0.25, -0.2) is 4.98 Å². The van der Waals surface area contributed by atoms with Crippen LogP contribution in [0, 0.1) is 0 Å². The molecule has 1 amide bonds. The predicted octanol–water partition coefficient (Wildman–Crippen LogP) is 4.68. The fraction of sp³-hybridized carbons (Fsp3) is 0.269. The predicted molar refractivity (Wildman–Crippen MR) is 139 cm³/mol. The highest BCUT2D eigenvalue weighted by Gasteiger charge is 2.16. The van der Waals surface area contributed by atoms with Gasteiger partial charge in [-0.05, 0) is 41.8 Å². The Hall–Kier alpha value is -3.53. The van der Waals surface area contributed by atoms with E-state index < -0.39 is 0 Å². The molecule has 0 bridgehead atoms. The standard InChI is InChI=1S/C26H26N6O2S/c33-26(24-16-35-25(29-24)6-9-32-8-2-11-34-12-10-32)30-22-13-17(14-23-20(22)15-28-31-23)18-3-1-4-21-19(18)5-7-27-21/h1,3-5,7,13-16,27H,2,6,8-12H2,(H,28,31)(H,30,33). The van der Waals surface area contributed by atoms with Gasteiger partial charge in [-0.3, -0.25) is 9.89 Å². The maximum Gasteiger partial charge on any atom is 0.275 e. The number of rotatable bonds is 6. The highest BCUT2D eigenvalue weighted by Crippen LogP contribution is 2.34. The number of aromatic amines is 2. The molecule has 8 nitrogen and oxygen atoms in total. The number of hydrogen-bond acceptors (Lipinski definition) is 6. The lowest BCUT2D eigenvalue weighted by Crippen LogP contribution is -2.28. The molecule has 35 heavy (non-hydrogen) atoms. The maximum atomic E-state index is 13.1. The summed E-state index contributed by atoms with van der Waals surface area (Å²) < 4.78 is 5.53. The van der Waals surface area contributed by atoms with Crippen LogP contribution in [0.3, 0.4) is 0 Å². The number of nitrogens with one attached hydrogen (secondary N) is 3. The molecule has 1 aliphatic rings. The number of fused-ring (bicyclic) bond motifs is 2. The van der Waals surface area contributed by atoms with Gasteiger partial charge in [-0.1, -0.05) is 12.1 Å². The summed E-state index contributed by atoms with van der Waals surface area (Å²) in [5.41, 5.74) is 5.18. The van der Waals surface area contributed by atoms with Crippen molar-refractivity contribution in [3.05, 3.63) is 64.9 Å². The van der Waals surface area contributed by atoms with Crippen molar-refractivity contribution in [3.8, 4) is 11.1 Å². The molecule has 0 spiro atoms. The van der Waals surface area contributed by atoms with E-state index in [1.807, 2.05) is 23.7 Å². The molecule has 4 heterocycles. The zero-order chi connectivity index (χ0) is 23.6. The average Bonchev–Trinajstić information content (AvgIpc) is 3.61. The molecule has 1 aliphatic heterocycles. The van der Waals surface area contributed by atoms with Crippen LogP contribution in [0.15, 0.2) is 54.2 Å². The third kappa shape index (κ3) is 4.58. The first-order valence-electron chi connectivity index (χ1n) is 11.8. The van der Waals surface area contributed by atoms with Gasteiger partial charge in [0.2, 0.25) is 0 Å². The van der Waals surface area contributed by atoms with Gasteiger partial charge in [0, 0.05) is 60.5 Å². The molecule has 1 fully saturated rings. The van der Waals surface area contributed by atoms with E-state index in [1.165, 1.54) is 11.3 Å². The Kier molecular flexibility index (Phi) is 6.03. The van der Waals surface area contributed by atoms with E-state index in [-0.39, 0.29) is 5.91 Å². The van der Waals surface area contributed by atoms with Crippen LogP contribution in [-0.2, 0) is 11.2 Å². The monoisotopic (exact) mass is 486 g/mol. The molecule has 0 atom stereocenters. The van der Waals surface area contributed by atoms with E-state index in [2.05, 4.69) is 54.6 Å². The molecule has 178 valence electrons. The largest absolute Gasteiger partial charge is 0.380 e. The third-order valence-electron chi connectivity index (χ3n) is 6.45. The molecule has 1 saturated heterocycles. The quantitative estimate of drug-likeness (QED) is 0.324. The molecule has 0 aliphatic carbocycles. The van der Waals surface area contributed by atoms with Gasteiger partial charge in [0.15, 0.2) is 0 Å². The fourth-order valence-corrected chi connectivity index (χ4v) is 5.41. The summed E-state index contributed by atoms with van der Waals surface area (Å²) in [5, 5.41) is 15.1. The van der Waals surface area contributed by atoms with Gasteiger partial charge >= 0.3 is 0 Å². The van der Waals surface area contributed by atoms with Crippen LogP contribution in [0.4, 0.5) is 5.69 Å². The van der Waals surface area contributed by atoms with E-state index in [0.29, 0.717) is 11.4 Å². The van der Waals surface area contributed by atoms with Crippen molar-refractivity contribution in [1.82, 2.24) is 25.1 Å². The molecular formula is C26H26N6O2S. The van der Waals surface area contributed by atoms with E-state index in [1.54, 1.807) is 6.20 Å². The van der Waals surface area contributed by atoms with Crippen LogP contribution in [-0.4, -0.2) is 63.8 Å². The molecule has 0 saturated carbocycles. The number of hydrogen-bond donors (Lipinski definition) is 3. The molecular weight excluding hydrogens is 460 g/mol. The van der Waals surface area contributed by atoms with E-state index >= 15 is 0 Å². The summed E-state index contributed by atoms with van der Waals surface area (Å²) in [6.07, 6.45) is 5.57. The van der Waals surface area contributed by atoms with Gasteiger partial charge < -0.3 is 19.9 Å². The van der Waals surface area contributed by atoms with Crippen LogP contribution in [0.1, 0.15) is 21.9 Å². The van der Waals surface area contributed by atoms with Crippen molar-refractivity contribution in [2.45, 2.75) is 12.8 Å². The minimum absolute atomic E-state index is 0.213. The highest BCUT2D eigenvalue weighted by molar-refractivity contribution is 7.09. The van der Waals surface area contributed by atoms with E-state index in [9.17, 15) is 4.79 Å². The highest BCUT2D eigenvalue weighted by atomic mass is 32.1. The minimum atomic E-state index is -0.213. The number of nitrogens with zero attached hydrogens (tertiary/aromatic N) is 3. The Balaban J connectivity index is 1.22. The number of carbonyl (C=O) groups is 1. The Bertz CT molecular complexity index is 1480. The number of carbonyl (C=O) groups excluding carboxylic acids is 1. The summed E-state index contributed by atoms with van der Waals surface area (Å²) in [6.45, 7) is 4.55. The van der Waals surface area contributed by atoms with Crippen LogP contribution in [0.5, 0.6) is 0 Å². The normalized spacial score (nSPS) is 15.0. The number of thiazole rings is 1. The van der Waals surface area contributed by atoms with Crippen LogP contribution < -0.4 is 5.32 Å². The molecule has 3 N–H and O–H groups in total. The lowest BCUT2D eigenvalue weighted by molar-refractivity contribution is 0.102. The van der Waals surface area contributed by atoms with Crippen molar-refractivity contribution < 1.29 is 9.53 Å². The fourth-order valence-electron chi connectivity index (χ4n) is 4.64. The number of aromatic nitrogens is 4. The van der Waals surface area contributed by atoms with Gasteiger partial charge in [0.25, 0.3) is 5.91 Å². The Morgan fingerprint density at radius 3 is 3.09 bits per heavy atom. The molecule has 9 heteroatoms. The minimum Gasteiger partial charge on any atom is -0.380 e. The molecule has 2 aromatic carbocycles.